The van der Waals surface area contributed by atoms with Crippen LogP contribution in [0.5, 0.6) is 0 Å². The Kier molecular flexibility index (Phi) is 3.13. The summed E-state index contributed by atoms with van der Waals surface area (Å²) in [6.07, 6.45) is -0.228. The normalized spacial score (nSPS) is 19.1. The average Bonchev–Trinajstić information content (AvgIpc) is 2.29. The first kappa shape index (κ1) is 12.0. The number of benzene rings is 1. The van der Waals surface area contributed by atoms with E-state index in [9.17, 15) is 13.6 Å². The van der Waals surface area contributed by atoms with Crippen molar-refractivity contribution in [2.45, 2.75) is 25.7 Å². The molecular weight excluding hydrogens is 224 g/mol. The van der Waals surface area contributed by atoms with E-state index in [1.807, 2.05) is 11.0 Å². The molecule has 1 aromatic rings. The minimum atomic E-state index is -2.53. The molecule has 0 aliphatic carbocycles. The Morgan fingerprint density at radius 2 is 1.94 bits per heavy atom. The lowest BCUT2D eigenvalue weighted by atomic mass is 10.0. The van der Waals surface area contributed by atoms with Gasteiger partial charge in [-0.2, -0.15) is 0 Å². The van der Waals surface area contributed by atoms with E-state index >= 15 is 0 Å². The summed E-state index contributed by atoms with van der Waals surface area (Å²) in [6, 6.07) is 7.16. The summed E-state index contributed by atoms with van der Waals surface area (Å²) in [5.74, 6) is -2.54. The first-order chi connectivity index (χ1) is 7.98. The summed E-state index contributed by atoms with van der Waals surface area (Å²) in [5, 5.41) is 0. The molecule has 1 aromatic carbocycles. The molecule has 0 atom stereocenters. The number of nitrogens with zero attached hydrogens (tertiary/aromatic N) is 1. The maximum atomic E-state index is 13.0. The highest BCUT2D eigenvalue weighted by molar-refractivity contribution is 5.94. The van der Waals surface area contributed by atoms with Crippen molar-refractivity contribution in [3.05, 3.63) is 29.8 Å². The lowest BCUT2D eigenvalue weighted by Gasteiger charge is -2.33. The van der Waals surface area contributed by atoms with Crippen LogP contribution < -0.4 is 4.90 Å². The van der Waals surface area contributed by atoms with Gasteiger partial charge in [0.25, 0.3) is 5.92 Å². The summed E-state index contributed by atoms with van der Waals surface area (Å²) in [5.41, 5.74) is 1.48. The van der Waals surface area contributed by atoms with Crippen molar-refractivity contribution in [3.63, 3.8) is 0 Å². The molecule has 0 bridgehead atoms. The number of rotatable bonds is 2. The first-order valence-corrected chi connectivity index (χ1v) is 5.72. The van der Waals surface area contributed by atoms with Crippen LogP contribution in [0, 0.1) is 0 Å². The number of anilines is 1. The number of halogens is 2. The molecule has 1 aliphatic heterocycles. The van der Waals surface area contributed by atoms with Crippen molar-refractivity contribution in [2.24, 2.45) is 0 Å². The number of hydrogen-bond donors (Lipinski definition) is 0. The van der Waals surface area contributed by atoms with E-state index in [1.165, 1.54) is 6.92 Å². The molecule has 2 rings (SSSR count). The van der Waals surface area contributed by atoms with Crippen LogP contribution in [0.1, 0.15) is 30.1 Å². The molecule has 1 heterocycles. The van der Waals surface area contributed by atoms with E-state index in [-0.39, 0.29) is 18.6 Å². The van der Waals surface area contributed by atoms with Gasteiger partial charge in [-0.05, 0) is 19.1 Å². The van der Waals surface area contributed by atoms with Crippen LogP contribution in [0.4, 0.5) is 14.5 Å². The molecule has 0 spiro atoms. The summed E-state index contributed by atoms with van der Waals surface area (Å²) >= 11 is 0. The molecular formula is C13H15F2NO. The minimum absolute atomic E-state index is 0.00538. The number of piperidine rings is 1. The lowest BCUT2D eigenvalue weighted by molar-refractivity contribution is -0.0220. The fraction of sp³-hybridized carbons (Fsp3) is 0.462. The van der Waals surface area contributed by atoms with E-state index in [4.69, 9.17) is 0 Å². The first-order valence-electron chi connectivity index (χ1n) is 5.72. The van der Waals surface area contributed by atoms with Gasteiger partial charge in [0.15, 0.2) is 5.78 Å². The van der Waals surface area contributed by atoms with Gasteiger partial charge in [0.05, 0.1) is 0 Å². The zero-order valence-electron chi connectivity index (χ0n) is 9.75. The Labute approximate surface area is 99.2 Å². The quantitative estimate of drug-likeness (QED) is 0.739. The van der Waals surface area contributed by atoms with Crippen LogP contribution >= 0.6 is 0 Å². The number of Topliss-reactive ketones (excluding diaryl/α,β-unsaturated/α-hetero) is 1. The van der Waals surface area contributed by atoms with Gasteiger partial charge in [-0.3, -0.25) is 4.79 Å². The van der Waals surface area contributed by atoms with Gasteiger partial charge in [-0.15, -0.1) is 0 Å². The fourth-order valence-electron chi connectivity index (χ4n) is 2.01. The largest absolute Gasteiger partial charge is 0.371 e. The van der Waals surface area contributed by atoms with Gasteiger partial charge < -0.3 is 4.90 Å². The SMILES string of the molecule is CC(=O)c1cccc(N2CCC(F)(F)CC2)c1. The van der Waals surface area contributed by atoms with Crippen LogP contribution in [-0.4, -0.2) is 24.8 Å². The highest BCUT2D eigenvalue weighted by Crippen LogP contribution is 2.30. The maximum Gasteiger partial charge on any atom is 0.251 e. The smallest absolute Gasteiger partial charge is 0.251 e. The molecule has 0 aromatic heterocycles. The van der Waals surface area contributed by atoms with E-state index in [0.29, 0.717) is 18.7 Å². The Bertz CT molecular complexity index is 421. The van der Waals surface area contributed by atoms with Crippen LogP contribution in [-0.2, 0) is 0 Å². The Morgan fingerprint density at radius 1 is 1.29 bits per heavy atom. The predicted octanol–water partition coefficient (Wildman–Crippen LogP) is 3.12. The molecule has 92 valence electrons. The third-order valence-corrected chi connectivity index (χ3v) is 3.11. The molecule has 0 saturated carbocycles. The highest BCUT2D eigenvalue weighted by Gasteiger charge is 2.34. The van der Waals surface area contributed by atoms with Crippen molar-refractivity contribution in [1.29, 1.82) is 0 Å². The van der Waals surface area contributed by atoms with Crippen LogP contribution in [0.3, 0.4) is 0 Å². The minimum Gasteiger partial charge on any atom is -0.371 e. The Balaban J connectivity index is 2.13. The van der Waals surface area contributed by atoms with E-state index in [2.05, 4.69) is 0 Å². The van der Waals surface area contributed by atoms with Gasteiger partial charge in [0.1, 0.15) is 0 Å². The van der Waals surface area contributed by atoms with Gasteiger partial charge in [-0.25, -0.2) is 8.78 Å². The zero-order valence-corrected chi connectivity index (χ0v) is 9.75. The van der Waals surface area contributed by atoms with Gasteiger partial charge in [0, 0.05) is 37.2 Å². The molecule has 2 nitrogen and oxygen atoms in total. The standard InChI is InChI=1S/C13H15F2NO/c1-10(17)11-3-2-4-12(9-11)16-7-5-13(14,15)6-8-16/h2-4,9H,5-8H2,1H3. The maximum absolute atomic E-state index is 13.0. The second kappa shape index (κ2) is 4.43. The molecule has 0 unspecified atom stereocenters. The average molecular weight is 239 g/mol. The molecule has 1 saturated heterocycles. The zero-order chi connectivity index (χ0) is 12.5. The topological polar surface area (TPSA) is 20.3 Å². The number of alkyl halides is 2. The predicted molar refractivity (Wildman–Crippen MR) is 62.8 cm³/mol. The van der Waals surface area contributed by atoms with Crippen molar-refractivity contribution < 1.29 is 13.6 Å². The third kappa shape index (κ3) is 2.81. The molecule has 17 heavy (non-hydrogen) atoms. The van der Waals surface area contributed by atoms with Gasteiger partial charge in [-0.1, -0.05) is 12.1 Å². The van der Waals surface area contributed by atoms with E-state index in [1.54, 1.807) is 18.2 Å². The number of carbonyl (C=O) groups excluding carboxylic acids is 1. The highest BCUT2D eigenvalue weighted by atomic mass is 19.3. The van der Waals surface area contributed by atoms with Gasteiger partial charge >= 0.3 is 0 Å². The third-order valence-electron chi connectivity index (χ3n) is 3.11. The molecule has 0 N–H and O–H groups in total. The molecule has 0 amide bonds. The van der Waals surface area contributed by atoms with Crippen molar-refractivity contribution in [3.8, 4) is 0 Å². The number of hydrogen-bond acceptors (Lipinski definition) is 2. The van der Waals surface area contributed by atoms with Crippen LogP contribution in [0.15, 0.2) is 24.3 Å². The van der Waals surface area contributed by atoms with Crippen molar-refractivity contribution in [2.75, 3.05) is 18.0 Å². The molecule has 4 heteroatoms. The summed E-state index contributed by atoms with van der Waals surface area (Å²) < 4.78 is 26.0. The number of carbonyl (C=O) groups is 1. The Morgan fingerprint density at radius 3 is 2.53 bits per heavy atom. The summed E-state index contributed by atoms with van der Waals surface area (Å²) in [7, 11) is 0. The van der Waals surface area contributed by atoms with E-state index in [0.717, 1.165) is 5.69 Å². The van der Waals surface area contributed by atoms with Crippen LogP contribution in [0.25, 0.3) is 0 Å². The summed E-state index contributed by atoms with van der Waals surface area (Å²) in [4.78, 5) is 13.2. The summed E-state index contributed by atoms with van der Waals surface area (Å²) in [6.45, 7) is 2.19. The molecule has 1 fully saturated rings. The second-order valence-corrected chi connectivity index (χ2v) is 4.45. The van der Waals surface area contributed by atoms with Crippen molar-refractivity contribution >= 4 is 11.5 Å². The molecule has 0 radical (unpaired) electrons. The van der Waals surface area contributed by atoms with Crippen LogP contribution in [0.2, 0.25) is 0 Å². The molecule has 1 aliphatic rings. The van der Waals surface area contributed by atoms with Gasteiger partial charge in [0.2, 0.25) is 0 Å². The number of ketones is 1. The fourth-order valence-corrected chi connectivity index (χ4v) is 2.01. The second-order valence-electron chi connectivity index (χ2n) is 4.45. The lowest BCUT2D eigenvalue weighted by Crippen LogP contribution is -2.39. The van der Waals surface area contributed by atoms with Crippen molar-refractivity contribution in [1.82, 2.24) is 0 Å². The monoisotopic (exact) mass is 239 g/mol. The Hall–Kier alpha value is -1.45. The van der Waals surface area contributed by atoms with E-state index < -0.39 is 5.92 Å².